The highest BCUT2D eigenvalue weighted by atomic mass is 79.9. The zero-order chi connectivity index (χ0) is 20.2. The molecule has 2 aliphatic rings. The molecule has 1 saturated heterocycles. The Kier molecular flexibility index (Phi) is 4.46. The average Bonchev–Trinajstić information content (AvgIpc) is 2.70. The summed E-state index contributed by atoms with van der Waals surface area (Å²) < 4.78 is 6.54. The van der Waals surface area contributed by atoms with Gasteiger partial charge in [0.05, 0.1) is 18.2 Å². The third-order valence-electron chi connectivity index (χ3n) is 6.87. The molecule has 1 aliphatic carbocycles. The zero-order valence-corrected chi connectivity index (χ0v) is 18.4. The van der Waals surface area contributed by atoms with Crippen molar-refractivity contribution >= 4 is 26.8 Å². The van der Waals surface area contributed by atoms with Gasteiger partial charge in [0.15, 0.2) is 0 Å². The number of fused-ring (bicyclic) bond motifs is 3. The molecule has 1 N–H and O–H groups in total. The summed E-state index contributed by atoms with van der Waals surface area (Å²) in [5, 5.41) is 13.2. The lowest BCUT2D eigenvalue weighted by atomic mass is 9.56. The maximum absolute atomic E-state index is 12.1. The Morgan fingerprint density at radius 1 is 1.14 bits per heavy atom. The summed E-state index contributed by atoms with van der Waals surface area (Å²) in [4.78, 5) is 7.29. The fraction of sp³-hybridized carbons (Fsp3) is 0.375. The van der Waals surface area contributed by atoms with E-state index in [4.69, 9.17) is 9.72 Å². The van der Waals surface area contributed by atoms with E-state index in [0.29, 0.717) is 13.0 Å². The van der Waals surface area contributed by atoms with Gasteiger partial charge in [0.1, 0.15) is 5.75 Å². The number of rotatable bonds is 2. The van der Waals surface area contributed by atoms with E-state index in [-0.39, 0.29) is 5.41 Å². The summed E-state index contributed by atoms with van der Waals surface area (Å²) in [5.41, 5.74) is 3.20. The summed E-state index contributed by atoms with van der Waals surface area (Å²) >= 11 is 3.56. The molecule has 5 rings (SSSR count). The van der Waals surface area contributed by atoms with Gasteiger partial charge in [-0.1, -0.05) is 34.1 Å². The first-order valence-electron chi connectivity index (χ1n) is 10.1. The number of piperidine rings is 1. The van der Waals surface area contributed by atoms with Gasteiger partial charge in [0.25, 0.3) is 0 Å². The van der Waals surface area contributed by atoms with Crippen molar-refractivity contribution in [3.63, 3.8) is 0 Å². The molecule has 0 spiro atoms. The summed E-state index contributed by atoms with van der Waals surface area (Å²) in [6.45, 7) is 1.61. The van der Waals surface area contributed by atoms with E-state index < -0.39 is 5.60 Å². The number of ether oxygens (including phenoxy) is 1. The van der Waals surface area contributed by atoms with Gasteiger partial charge in [-0.3, -0.25) is 4.98 Å². The van der Waals surface area contributed by atoms with Crippen LogP contribution in [0, 0.1) is 0 Å². The van der Waals surface area contributed by atoms with Crippen LogP contribution in [0.4, 0.5) is 0 Å². The van der Waals surface area contributed by atoms with Crippen LogP contribution in [0.25, 0.3) is 10.9 Å². The highest BCUT2D eigenvalue weighted by Gasteiger charge is 2.57. The van der Waals surface area contributed by atoms with Crippen LogP contribution >= 0.6 is 15.9 Å². The minimum Gasteiger partial charge on any atom is -0.497 e. The number of aliphatic hydroxyl groups is 1. The molecular formula is C24H25BrN2O2. The van der Waals surface area contributed by atoms with Gasteiger partial charge in [-0.25, -0.2) is 0 Å². The molecule has 0 radical (unpaired) electrons. The Labute approximate surface area is 179 Å². The molecule has 0 saturated carbocycles. The van der Waals surface area contributed by atoms with Crippen molar-refractivity contribution < 1.29 is 9.84 Å². The highest BCUT2D eigenvalue weighted by Crippen LogP contribution is 2.50. The van der Waals surface area contributed by atoms with E-state index in [2.05, 4.69) is 58.2 Å². The molecule has 1 aromatic heterocycles. The Balaban J connectivity index is 1.70. The van der Waals surface area contributed by atoms with Crippen molar-refractivity contribution in [3.05, 3.63) is 69.8 Å². The monoisotopic (exact) mass is 452 g/mol. The van der Waals surface area contributed by atoms with E-state index in [9.17, 15) is 5.11 Å². The lowest BCUT2D eigenvalue weighted by Crippen LogP contribution is -2.66. The van der Waals surface area contributed by atoms with Crippen molar-refractivity contribution in [2.45, 2.75) is 30.3 Å². The zero-order valence-electron chi connectivity index (χ0n) is 16.8. The number of benzene rings is 2. The topological polar surface area (TPSA) is 45.6 Å². The van der Waals surface area contributed by atoms with Gasteiger partial charge in [0.2, 0.25) is 0 Å². The minimum atomic E-state index is -0.843. The largest absolute Gasteiger partial charge is 0.497 e. The van der Waals surface area contributed by atoms with E-state index in [1.165, 1.54) is 0 Å². The number of hydrogen-bond donors (Lipinski definition) is 1. The lowest BCUT2D eigenvalue weighted by molar-refractivity contribution is -0.0976. The minimum absolute atomic E-state index is 0.367. The Morgan fingerprint density at radius 2 is 2.00 bits per heavy atom. The third kappa shape index (κ3) is 2.98. The predicted molar refractivity (Wildman–Crippen MR) is 119 cm³/mol. The number of hydrogen-bond acceptors (Lipinski definition) is 4. The van der Waals surface area contributed by atoms with Crippen LogP contribution < -0.4 is 4.74 Å². The average molecular weight is 453 g/mol. The molecule has 0 amide bonds. The molecule has 150 valence electrons. The number of β-amino-alcohol motifs (C(OH)–C–C–N with tert-alkyl or cyclic N) is 1. The summed E-state index contributed by atoms with van der Waals surface area (Å²) in [5.74, 6) is 0.833. The highest BCUT2D eigenvalue weighted by molar-refractivity contribution is 9.10. The van der Waals surface area contributed by atoms with Crippen LogP contribution in [0.2, 0.25) is 0 Å². The molecule has 2 aromatic carbocycles. The van der Waals surface area contributed by atoms with Gasteiger partial charge in [-0.05, 0) is 61.5 Å². The maximum atomic E-state index is 12.1. The third-order valence-corrected chi connectivity index (χ3v) is 7.36. The normalized spacial score (nSPS) is 26.8. The number of methoxy groups -OCH3 is 1. The van der Waals surface area contributed by atoms with Crippen molar-refractivity contribution in [3.8, 4) is 5.75 Å². The number of likely N-dealkylation sites (N-methyl/N-ethyl adjacent to an activating group) is 1. The fourth-order valence-electron chi connectivity index (χ4n) is 5.34. The molecule has 0 unspecified atom stereocenters. The second kappa shape index (κ2) is 6.79. The smallest absolute Gasteiger partial charge is 0.119 e. The first-order valence-corrected chi connectivity index (χ1v) is 10.9. The van der Waals surface area contributed by atoms with Crippen LogP contribution in [0.1, 0.15) is 23.2 Å². The van der Waals surface area contributed by atoms with Crippen LogP contribution in [0.5, 0.6) is 5.75 Å². The number of nitrogens with zero attached hydrogens (tertiary/aromatic N) is 2. The first-order chi connectivity index (χ1) is 13.9. The molecule has 1 aliphatic heterocycles. The second-order valence-corrected chi connectivity index (χ2v) is 9.53. The lowest BCUT2D eigenvalue weighted by Gasteiger charge is -2.56. The molecule has 0 bridgehead atoms. The molecule has 2 heterocycles. The van der Waals surface area contributed by atoms with E-state index in [1.54, 1.807) is 7.11 Å². The second-order valence-electron chi connectivity index (χ2n) is 8.62. The number of pyridine rings is 1. The van der Waals surface area contributed by atoms with Gasteiger partial charge in [0, 0.05) is 40.4 Å². The predicted octanol–water partition coefficient (Wildman–Crippen LogP) is 4.11. The van der Waals surface area contributed by atoms with Crippen LogP contribution in [-0.4, -0.2) is 47.8 Å². The van der Waals surface area contributed by atoms with Crippen molar-refractivity contribution in [1.29, 1.82) is 0 Å². The number of halogens is 1. The fourth-order valence-corrected chi connectivity index (χ4v) is 5.69. The molecule has 5 heteroatoms. The summed E-state index contributed by atoms with van der Waals surface area (Å²) in [6.07, 6.45) is 2.25. The number of likely N-dealkylation sites (tertiary alicyclic amines) is 1. The summed E-state index contributed by atoms with van der Waals surface area (Å²) in [6, 6.07) is 16.7. The van der Waals surface area contributed by atoms with Crippen LogP contribution in [0.15, 0.2) is 53.0 Å². The SMILES string of the molecule is COc1cccc([C@@]23CCN(C)C[C@@]2(O)Cc2cc4ccc(Br)cc4nc2C3)c1. The van der Waals surface area contributed by atoms with Crippen molar-refractivity contribution in [1.82, 2.24) is 9.88 Å². The molecular weight excluding hydrogens is 428 g/mol. The van der Waals surface area contributed by atoms with Gasteiger partial charge >= 0.3 is 0 Å². The van der Waals surface area contributed by atoms with E-state index in [1.807, 2.05) is 18.2 Å². The van der Waals surface area contributed by atoms with Crippen molar-refractivity contribution in [2.24, 2.45) is 0 Å². The molecule has 1 fully saturated rings. The maximum Gasteiger partial charge on any atom is 0.119 e. The standard InChI is InChI=1S/C24H25BrN2O2/c1-27-9-8-23(18-4-3-5-20(11-18)29-2)14-22-17(13-24(23,28)15-27)10-16-6-7-19(25)12-21(16)26-22/h3-7,10-12,28H,8-9,13-15H2,1-2H3/t23-,24-/m0/s1. The Morgan fingerprint density at radius 3 is 2.83 bits per heavy atom. The Hall–Kier alpha value is -1.95. The van der Waals surface area contributed by atoms with Crippen LogP contribution in [-0.2, 0) is 18.3 Å². The van der Waals surface area contributed by atoms with Gasteiger partial charge in [-0.15, -0.1) is 0 Å². The summed E-state index contributed by atoms with van der Waals surface area (Å²) in [7, 11) is 3.79. The quantitative estimate of drug-likeness (QED) is 0.635. The Bertz CT molecular complexity index is 1100. The van der Waals surface area contributed by atoms with Crippen LogP contribution in [0.3, 0.4) is 0 Å². The number of aromatic nitrogens is 1. The van der Waals surface area contributed by atoms with Gasteiger partial charge in [-0.2, -0.15) is 0 Å². The van der Waals surface area contributed by atoms with E-state index in [0.717, 1.165) is 57.3 Å². The molecule has 4 nitrogen and oxygen atoms in total. The van der Waals surface area contributed by atoms with E-state index >= 15 is 0 Å². The first kappa shape index (κ1) is 19.0. The molecule has 3 aromatic rings. The molecule has 2 atom stereocenters. The van der Waals surface area contributed by atoms with Crippen molar-refractivity contribution in [2.75, 3.05) is 27.2 Å². The van der Waals surface area contributed by atoms with Gasteiger partial charge < -0.3 is 14.7 Å². The molecule has 29 heavy (non-hydrogen) atoms.